The van der Waals surface area contributed by atoms with Crippen molar-refractivity contribution in [3.05, 3.63) is 71.2 Å². The minimum atomic E-state index is -0.217. The molecule has 1 aromatic carbocycles. The highest BCUT2D eigenvalue weighted by Crippen LogP contribution is 2.08. The number of hydrogen-bond acceptors (Lipinski definition) is 3. The first-order chi connectivity index (χ1) is 10.7. The number of pyridine rings is 1. The van der Waals surface area contributed by atoms with Gasteiger partial charge in [-0.25, -0.2) is 4.98 Å². The molecule has 1 amide bonds. The van der Waals surface area contributed by atoms with E-state index >= 15 is 0 Å². The molecule has 0 aliphatic carbocycles. The van der Waals surface area contributed by atoms with Gasteiger partial charge in [-0.15, -0.1) is 0 Å². The van der Waals surface area contributed by atoms with Gasteiger partial charge in [0.25, 0.3) is 5.91 Å². The average Bonchev–Trinajstić information content (AvgIpc) is 2.96. The molecule has 0 unspecified atom stereocenters. The van der Waals surface area contributed by atoms with Crippen LogP contribution in [-0.2, 0) is 6.54 Å². The minimum absolute atomic E-state index is 0.217. The number of aryl methyl sites for hydroxylation is 1. The fourth-order valence-corrected chi connectivity index (χ4v) is 2.16. The smallest absolute Gasteiger partial charge is 0.271 e. The number of fused-ring (bicyclic) bond motifs is 1. The lowest BCUT2D eigenvalue weighted by Crippen LogP contribution is -2.23. The third-order valence-corrected chi connectivity index (χ3v) is 3.38. The molecule has 0 aliphatic heterocycles. The van der Waals surface area contributed by atoms with E-state index in [-0.39, 0.29) is 5.91 Å². The number of carbonyl (C=O) groups is 1. The Morgan fingerprint density at radius 1 is 1.32 bits per heavy atom. The van der Waals surface area contributed by atoms with Crippen LogP contribution in [0.4, 0.5) is 0 Å². The summed E-state index contributed by atoms with van der Waals surface area (Å²) >= 11 is 0. The first-order valence-electron chi connectivity index (χ1n) is 6.88. The van der Waals surface area contributed by atoms with Gasteiger partial charge in [-0.3, -0.25) is 4.79 Å². The lowest BCUT2D eigenvalue weighted by atomic mass is 10.1. The molecule has 0 aliphatic rings. The van der Waals surface area contributed by atoms with Gasteiger partial charge < -0.3 is 9.72 Å². The molecule has 0 bridgehead atoms. The zero-order valence-electron chi connectivity index (χ0n) is 12.1. The van der Waals surface area contributed by atoms with Gasteiger partial charge in [0.1, 0.15) is 11.3 Å². The third-order valence-electron chi connectivity index (χ3n) is 3.38. The fourth-order valence-electron chi connectivity index (χ4n) is 2.16. The molecule has 1 N–H and O–H groups in total. The van der Waals surface area contributed by atoms with Crippen molar-refractivity contribution in [1.82, 2.24) is 14.7 Å². The quantitative estimate of drug-likeness (QED) is 0.805. The van der Waals surface area contributed by atoms with Crippen molar-refractivity contribution in [2.45, 2.75) is 13.5 Å². The Balaban J connectivity index is 1.71. The van der Waals surface area contributed by atoms with Crippen molar-refractivity contribution in [3.8, 4) is 6.07 Å². The van der Waals surface area contributed by atoms with Crippen LogP contribution in [0.3, 0.4) is 0 Å². The van der Waals surface area contributed by atoms with Gasteiger partial charge in [-0.05, 0) is 42.3 Å². The first-order valence-corrected chi connectivity index (χ1v) is 6.88. The van der Waals surface area contributed by atoms with E-state index in [9.17, 15) is 4.79 Å². The van der Waals surface area contributed by atoms with E-state index in [1.807, 2.05) is 41.8 Å². The summed E-state index contributed by atoms with van der Waals surface area (Å²) in [6.07, 6.45) is 3.60. The SMILES string of the molecule is Cc1ccn2cc(C(=O)NCc3ccc(C#N)cc3)nc2c1. The number of carbonyl (C=O) groups excluding carboxylic acids is 1. The Labute approximate surface area is 127 Å². The zero-order chi connectivity index (χ0) is 15.5. The van der Waals surface area contributed by atoms with Crippen molar-refractivity contribution >= 4 is 11.6 Å². The highest BCUT2D eigenvalue weighted by molar-refractivity contribution is 5.92. The molecule has 22 heavy (non-hydrogen) atoms. The van der Waals surface area contributed by atoms with E-state index in [1.165, 1.54) is 0 Å². The number of nitriles is 1. The molecule has 3 rings (SSSR count). The van der Waals surface area contributed by atoms with Gasteiger partial charge >= 0.3 is 0 Å². The third kappa shape index (κ3) is 2.81. The highest BCUT2D eigenvalue weighted by atomic mass is 16.1. The van der Waals surface area contributed by atoms with Crippen LogP contribution in [-0.4, -0.2) is 15.3 Å². The standard InChI is InChI=1S/C17H14N4O/c1-12-6-7-21-11-15(20-16(21)8-12)17(22)19-10-14-4-2-13(9-18)3-5-14/h2-8,11H,10H2,1H3,(H,19,22). The molecule has 0 radical (unpaired) electrons. The van der Waals surface area contributed by atoms with Gasteiger partial charge in [0.15, 0.2) is 0 Å². The summed E-state index contributed by atoms with van der Waals surface area (Å²) in [7, 11) is 0. The van der Waals surface area contributed by atoms with E-state index in [0.717, 1.165) is 16.8 Å². The minimum Gasteiger partial charge on any atom is -0.347 e. The topological polar surface area (TPSA) is 70.2 Å². The second-order valence-electron chi connectivity index (χ2n) is 5.09. The maximum Gasteiger partial charge on any atom is 0.271 e. The fraction of sp³-hybridized carbons (Fsp3) is 0.118. The van der Waals surface area contributed by atoms with E-state index in [1.54, 1.807) is 18.3 Å². The maximum absolute atomic E-state index is 12.2. The summed E-state index contributed by atoms with van der Waals surface area (Å²) < 4.78 is 1.82. The molecule has 0 spiro atoms. The number of aromatic nitrogens is 2. The Hall–Kier alpha value is -3.13. The average molecular weight is 290 g/mol. The van der Waals surface area contributed by atoms with Gasteiger partial charge in [0.05, 0.1) is 11.6 Å². The van der Waals surface area contributed by atoms with Crippen molar-refractivity contribution < 1.29 is 4.79 Å². The van der Waals surface area contributed by atoms with Gasteiger partial charge in [-0.1, -0.05) is 12.1 Å². The summed E-state index contributed by atoms with van der Waals surface area (Å²) in [6, 6.07) is 13.1. The Kier molecular flexibility index (Phi) is 3.58. The number of benzene rings is 1. The molecule has 5 heteroatoms. The molecular weight excluding hydrogens is 276 g/mol. The van der Waals surface area contributed by atoms with Gasteiger partial charge in [0.2, 0.25) is 0 Å². The normalized spacial score (nSPS) is 10.4. The number of nitrogens with one attached hydrogen (secondary N) is 1. The lowest BCUT2D eigenvalue weighted by Gasteiger charge is -2.03. The summed E-state index contributed by atoms with van der Waals surface area (Å²) in [4.78, 5) is 16.5. The predicted molar refractivity (Wildman–Crippen MR) is 82.3 cm³/mol. The molecule has 2 aromatic heterocycles. The number of nitrogens with zero attached hydrogens (tertiary/aromatic N) is 3. The van der Waals surface area contributed by atoms with Gasteiger partial charge in [0, 0.05) is 18.9 Å². The highest BCUT2D eigenvalue weighted by Gasteiger charge is 2.10. The second-order valence-corrected chi connectivity index (χ2v) is 5.09. The number of imidazole rings is 1. The molecule has 108 valence electrons. The van der Waals surface area contributed by atoms with Crippen LogP contribution in [0.5, 0.6) is 0 Å². The Bertz CT molecular complexity index is 872. The van der Waals surface area contributed by atoms with Crippen LogP contribution in [0.2, 0.25) is 0 Å². The van der Waals surface area contributed by atoms with Crippen LogP contribution in [0, 0.1) is 18.3 Å². The molecule has 0 atom stereocenters. The largest absolute Gasteiger partial charge is 0.347 e. The number of rotatable bonds is 3. The summed E-state index contributed by atoms with van der Waals surface area (Å²) in [5.41, 5.74) is 3.78. The maximum atomic E-state index is 12.2. The molecular formula is C17H14N4O. The molecule has 0 saturated heterocycles. The van der Waals surface area contributed by atoms with E-state index in [2.05, 4.69) is 16.4 Å². The van der Waals surface area contributed by atoms with E-state index < -0.39 is 0 Å². The van der Waals surface area contributed by atoms with Crippen LogP contribution in [0.25, 0.3) is 5.65 Å². The molecule has 2 heterocycles. The van der Waals surface area contributed by atoms with E-state index in [4.69, 9.17) is 5.26 Å². The van der Waals surface area contributed by atoms with Crippen molar-refractivity contribution in [2.24, 2.45) is 0 Å². The van der Waals surface area contributed by atoms with E-state index in [0.29, 0.717) is 17.8 Å². The van der Waals surface area contributed by atoms with Crippen molar-refractivity contribution in [2.75, 3.05) is 0 Å². The molecule has 3 aromatic rings. The lowest BCUT2D eigenvalue weighted by molar-refractivity contribution is 0.0946. The molecule has 5 nitrogen and oxygen atoms in total. The predicted octanol–water partition coefficient (Wildman–Crippen LogP) is 2.44. The van der Waals surface area contributed by atoms with Crippen molar-refractivity contribution in [3.63, 3.8) is 0 Å². The zero-order valence-corrected chi connectivity index (χ0v) is 12.1. The van der Waals surface area contributed by atoms with Gasteiger partial charge in [-0.2, -0.15) is 5.26 Å². The van der Waals surface area contributed by atoms with Crippen LogP contribution < -0.4 is 5.32 Å². The summed E-state index contributed by atoms with van der Waals surface area (Å²) in [5, 5.41) is 11.6. The molecule has 0 saturated carbocycles. The second kappa shape index (κ2) is 5.70. The first kappa shape index (κ1) is 13.8. The van der Waals surface area contributed by atoms with Crippen molar-refractivity contribution in [1.29, 1.82) is 5.26 Å². The monoisotopic (exact) mass is 290 g/mol. The summed E-state index contributed by atoms with van der Waals surface area (Å²) in [6.45, 7) is 2.39. The number of amides is 1. The number of hydrogen-bond donors (Lipinski definition) is 1. The summed E-state index contributed by atoms with van der Waals surface area (Å²) in [5.74, 6) is -0.217. The Morgan fingerprint density at radius 2 is 2.09 bits per heavy atom. The van der Waals surface area contributed by atoms with Crippen LogP contribution in [0.1, 0.15) is 27.2 Å². The van der Waals surface area contributed by atoms with Crippen LogP contribution >= 0.6 is 0 Å². The Morgan fingerprint density at radius 3 is 2.82 bits per heavy atom. The van der Waals surface area contributed by atoms with Crippen LogP contribution in [0.15, 0.2) is 48.8 Å². The molecule has 0 fully saturated rings.